The van der Waals surface area contributed by atoms with Crippen LogP contribution >= 0.6 is 0 Å². The van der Waals surface area contributed by atoms with Crippen LogP contribution in [0.4, 0.5) is 0 Å². The van der Waals surface area contributed by atoms with Gasteiger partial charge in [-0.3, -0.25) is 19.4 Å². The lowest BCUT2D eigenvalue weighted by molar-refractivity contribution is -0.125. The van der Waals surface area contributed by atoms with Gasteiger partial charge >= 0.3 is 0 Å². The molecule has 1 aromatic rings. The van der Waals surface area contributed by atoms with E-state index in [1.165, 1.54) is 0 Å². The number of ether oxygens (including phenoxy) is 1. The third kappa shape index (κ3) is 7.66. The molecule has 0 aliphatic carbocycles. The first-order chi connectivity index (χ1) is 13.8. The Labute approximate surface area is 174 Å². The first-order valence-corrected chi connectivity index (χ1v) is 10.5. The van der Waals surface area contributed by atoms with E-state index in [4.69, 9.17) is 4.74 Å². The van der Waals surface area contributed by atoms with Crippen LogP contribution in [0.15, 0.2) is 24.3 Å². The van der Waals surface area contributed by atoms with Crippen LogP contribution in [0.1, 0.15) is 39.3 Å². The van der Waals surface area contributed by atoms with E-state index in [1.807, 2.05) is 38.1 Å². The molecule has 7 heteroatoms. The minimum absolute atomic E-state index is 0.0329. The molecule has 1 fully saturated rings. The molecule has 0 radical (unpaired) electrons. The maximum absolute atomic E-state index is 12.6. The highest BCUT2D eigenvalue weighted by Crippen LogP contribution is 2.23. The third-order valence-electron chi connectivity index (χ3n) is 5.11. The summed E-state index contributed by atoms with van der Waals surface area (Å²) < 4.78 is 5.22. The van der Waals surface area contributed by atoms with Crippen molar-refractivity contribution in [2.24, 2.45) is 5.92 Å². The smallest absolute Gasteiger partial charge is 0.234 e. The molecule has 29 heavy (non-hydrogen) atoms. The lowest BCUT2D eigenvalue weighted by atomic mass is 9.96. The van der Waals surface area contributed by atoms with Crippen molar-refractivity contribution in [1.82, 2.24) is 20.4 Å². The quantitative estimate of drug-likeness (QED) is 0.655. The lowest BCUT2D eigenvalue weighted by Gasteiger charge is -2.34. The minimum Gasteiger partial charge on any atom is -0.497 e. The Bertz CT molecular complexity index is 653. The Balaban J connectivity index is 1.81. The van der Waals surface area contributed by atoms with Crippen LogP contribution in [0, 0.1) is 5.92 Å². The normalized spacial score (nSPS) is 16.7. The summed E-state index contributed by atoms with van der Waals surface area (Å²) in [7, 11) is 1.65. The Morgan fingerprint density at radius 3 is 1.79 bits per heavy atom. The van der Waals surface area contributed by atoms with Crippen LogP contribution in [0.3, 0.4) is 0 Å². The number of nitrogens with one attached hydrogen (secondary N) is 2. The summed E-state index contributed by atoms with van der Waals surface area (Å²) in [6.45, 7) is 12.1. The van der Waals surface area contributed by atoms with Gasteiger partial charge in [0.1, 0.15) is 5.75 Å². The van der Waals surface area contributed by atoms with Crippen LogP contribution in [-0.4, -0.2) is 74.0 Å². The fraction of sp³-hybridized carbons (Fsp3) is 0.636. The molecule has 162 valence electrons. The summed E-state index contributed by atoms with van der Waals surface area (Å²) in [6, 6.07) is 7.98. The van der Waals surface area contributed by atoms with Crippen molar-refractivity contribution < 1.29 is 14.3 Å². The molecule has 1 heterocycles. The number of hydrogen-bond donors (Lipinski definition) is 2. The van der Waals surface area contributed by atoms with Crippen molar-refractivity contribution in [3.63, 3.8) is 0 Å². The van der Waals surface area contributed by atoms with E-state index in [0.717, 1.165) is 37.5 Å². The monoisotopic (exact) mass is 404 g/mol. The number of benzene rings is 1. The lowest BCUT2D eigenvalue weighted by Crippen LogP contribution is -2.52. The second kappa shape index (κ2) is 11.2. The molecule has 7 nitrogen and oxygen atoms in total. The van der Waals surface area contributed by atoms with Crippen LogP contribution in [0.5, 0.6) is 5.75 Å². The summed E-state index contributed by atoms with van der Waals surface area (Å²) in [4.78, 5) is 28.8. The zero-order valence-corrected chi connectivity index (χ0v) is 18.4. The average Bonchev–Trinajstić information content (AvgIpc) is 2.67. The fourth-order valence-corrected chi connectivity index (χ4v) is 3.54. The molecular formula is C22H36N4O3. The van der Waals surface area contributed by atoms with Gasteiger partial charge in [-0.05, 0) is 37.5 Å². The van der Waals surface area contributed by atoms with Gasteiger partial charge in [0.25, 0.3) is 0 Å². The Morgan fingerprint density at radius 2 is 1.38 bits per heavy atom. The number of rotatable bonds is 9. The predicted molar refractivity (Wildman–Crippen MR) is 115 cm³/mol. The summed E-state index contributed by atoms with van der Waals surface area (Å²) in [6.07, 6.45) is 0. The van der Waals surface area contributed by atoms with E-state index in [1.54, 1.807) is 7.11 Å². The van der Waals surface area contributed by atoms with Gasteiger partial charge in [-0.25, -0.2) is 0 Å². The number of methoxy groups -OCH3 is 1. The Hall–Kier alpha value is -2.12. The SMILES string of the molecule is COc1ccc(C(NC(=O)CN2CCN(CC(=O)NC(C)C)CC2)C(C)C)cc1. The highest BCUT2D eigenvalue weighted by molar-refractivity contribution is 5.79. The van der Waals surface area contributed by atoms with Gasteiger partial charge in [0.2, 0.25) is 11.8 Å². The largest absolute Gasteiger partial charge is 0.497 e. The van der Waals surface area contributed by atoms with Crippen LogP contribution < -0.4 is 15.4 Å². The summed E-state index contributed by atoms with van der Waals surface area (Å²) in [5.74, 6) is 1.18. The van der Waals surface area contributed by atoms with Crippen LogP contribution in [0.2, 0.25) is 0 Å². The van der Waals surface area contributed by atoms with Crippen molar-refractivity contribution in [3.05, 3.63) is 29.8 Å². The van der Waals surface area contributed by atoms with Crippen molar-refractivity contribution >= 4 is 11.8 Å². The molecule has 0 saturated carbocycles. The standard InChI is InChI=1S/C22H36N4O3/c1-16(2)22(18-6-8-19(29-5)9-7-18)24-21(28)15-26-12-10-25(11-13-26)14-20(27)23-17(3)4/h6-9,16-17,22H,10-15H2,1-5H3,(H,23,27)(H,24,28). The summed E-state index contributed by atoms with van der Waals surface area (Å²) in [5.41, 5.74) is 1.08. The van der Waals surface area contributed by atoms with Gasteiger partial charge in [-0.2, -0.15) is 0 Å². The average molecular weight is 405 g/mol. The zero-order chi connectivity index (χ0) is 21.4. The fourth-order valence-electron chi connectivity index (χ4n) is 3.54. The molecule has 2 rings (SSSR count). The van der Waals surface area contributed by atoms with Crippen LogP contribution in [-0.2, 0) is 9.59 Å². The van der Waals surface area contributed by atoms with Crippen molar-refractivity contribution in [3.8, 4) is 5.75 Å². The zero-order valence-electron chi connectivity index (χ0n) is 18.4. The van der Waals surface area contributed by atoms with Crippen molar-refractivity contribution in [1.29, 1.82) is 0 Å². The second-order valence-corrected chi connectivity index (χ2v) is 8.34. The van der Waals surface area contributed by atoms with Crippen molar-refractivity contribution in [2.75, 3.05) is 46.4 Å². The Morgan fingerprint density at radius 1 is 0.897 bits per heavy atom. The third-order valence-corrected chi connectivity index (χ3v) is 5.11. The maximum atomic E-state index is 12.6. The molecule has 0 bridgehead atoms. The maximum Gasteiger partial charge on any atom is 0.234 e. The topological polar surface area (TPSA) is 73.9 Å². The van der Waals surface area contributed by atoms with E-state index in [2.05, 4.69) is 34.3 Å². The number of amides is 2. The minimum atomic E-state index is -0.0329. The number of piperazine rings is 1. The van der Waals surface area contributed by atoms with E-state index >= 15 is 0 Å². The number of nitrogens with zero attached hydrogens (tertiary/aromatic N) is 2. The first-order valence-electron chi connectivity index (χ1n) is 10.5. The number of hydrogen-bond acceptors (Lipinski definition) is 5. The summed E-state index contributed by atoms with van der Waals surface area (Å²) >= 11 is 0. The molecule has 1 atom stereocenters. The van der Waals surface area contributed by atoms with E-state index in [-0.39, 0.29) is 29.8 Å². The van der Waals surface area contributed by atoms with Crippen LogP contribution in [0.25, 0.3) is 0 Å². The van der Waals surface area contributed by atoms with E-state index in [0.29, 0.717) is 13.1 Å². The molecule has 0 aromatic heterocycles. The van der Waals surface area contributed by atoms with Gasteiger partial charge in [-0.1, -0.05) is 26.0 Å². The Kier molecular flexibility index (Phi) is 8.92. The van der Waals surface area contributed by atoms with Gasteiger partial charge in [-0.15, -0.1) is 0 Å². The number of carbonyl (C=O) groups is 2. The molecular weight excluding hydrogens is 368 g/mol. The van der Waals surface area contributed by atoms with E-state index < -0.39 is 0 Å². The van der Waals surface area contributed by atoms with Gasteiger partial charge in [0.05, 0.1) is 26.2 Å². The molecule has 1 unspecified atom stereocenters. The molecule has 1 saturated heterocycles. The summed E-state index contributed by atoms with van der Waals surface area (Å²) in [5, 5.41) is 6.11. The molecule has 2 N–H and O–H groups in total. The van der Waals surface area contributed by atoms with Gasteiger partial charge < -0.3 is 15.4 Å². The van der Waals surface area contributed by atoms with Gasteiger partial charge in [0.15, 0.2) is 0 Å². The highest BCUT2D eigenvalue weighted by Gasteiger charge is 2.23. The molecule has 2 amide bonds. The molecule has 1 aromatic carbocycles. The highest BCUT2D eigenvalue weighted by atomic mass is 16.5. The number of carbonyl (C=O) groups excluding carboxylic acids is 2. The van der Waals surface area contributed by atoms with E-state index in [9.17, 15) is 9.59 Å². The molecule has 1 aliphatic rings. The first kappa shape index (κ1) is 23.2. The van der Waals surface area contributed by atoms with Crippen molar-refractivity contribution in [2.45, 2.75) is 39.8 Å². The molecule has 0 spiro atoms. The predicted octanol–water partition coefficient (Wildman–Crippen LogP) is 1.65. The van der Waals surface area contributed by atoms with Gasteiger partial charge in [0, 0.05) is 32.2 Å². The molecule has 1 aliphatic heterocycles. The second-order valence-electron chi connectivity index (χ2n) is 8.34.